The Balaban J connectivity index is -0.0000000778. The molecule has 0 saturated heterocycles. The second-order valence-corrected chi connectivity index (χ2v) is 4.70. The van der Waals surface area contributed by atoms with Crippen LogP contribution in [0.1, 0.15) is 110 Å². The number of hydrogen-bond donors (Lipinski definition) is 0. The number of carbonyl (C=O) groups excluding carboxylic acids is 2. The van der Waals surface area contributed by atoms with Crippen LogP contribution < -0.4 is 0 Å². The molecular weight excluding hydrogens is 296 g/mol. The van der Waals surface area contributed by atoms with Crippen molar-refractivity contribution in [3.63, 3.8) is 0 Å². The highest BCUT2D eigenvalue weighted by Gasteiger charge is 2.03. The first-order valence-corrected chi connectivity index (χ1v) is 9.45. The molecule has 1 rings (SSSR count). The molecule has 24 heavy (non-hydrogen) atoms. The van der Waals surface area contributed by atoms with Gasteiger partial charge in [0, 0.05) is 11.1 Å². The van der Waals surface area contributed by atoms with Crippen molar-refractivity contribution in [3.8, 4) is 0 Å². The average molecular weight is 341 g/mol. The molecule has 2 nitrogen and oxygen atoms in total. The summed E-state index contributed by atoms with van der Waals surface area (Å²) in [5.74, 6) is 0.757. The molecule has 0 saturated carbocycles. The molecular formula is C22H44O2. The van der Waals surface area contributed by atoms with Gasteiger partial charge in [-0.1, -0.05) is 107 Å². The minimum atomic E-state index is -0.0762. The maximum atomic E-state index is 10.9. The molecule has 144 valence electrons. The molecule has 0 amide bonds. The number of carbonyl (C=O) groups is 2. The van der Waals surface area contributed by atoms with Crippen molar-refractivity contribution in [2.24, 2.45) is 5.92 Å². The average Bonchev–Trinajstić information content (AvgIpc) is 2.60. The Labute approximate surface area is 153 Å². The molecule has 0 aliphatic heterocycles. The number of aldehydes is 1. The van der Waals surface area contributed by atoms with Crippen molar-refractivity contribution in [1.82, 2.24) is 0 Å². The fraction of sp³-hybridized carbons (Fsp3) is 0.636. The van der Waals surface area contributed by atoms with E-state index in [4.69, 9.17) is 0 Å². The highest BCUT2D eigenvalue weighted by molar-refractivity contribution is 6.01. The Kier molecular flexibility index (Phi) is 47.1. The van der Waals surface area contributed by atoms with Crippen LogP contribution in [0.4, 0.5) is 0 Å². The van der Waals surface area contributed by atoms with E-state index in [0.717, 1.165) is 5.92 Å². The van der Waals surface area contributed by atoms with Crippen molar-refractivity contribution in [2.45, 2.75) is 89.5 Å². The van der Waals surface area contributed by atoms with E-state index in [1.54, 1.807) is 24.3 Å². The number of benzene rings is 1. The molecule has 0 aromatic heterocycles. The molecule has 0 fully saturated rings. The highest BCUT2D eigenvalue weighted by atomic mass is 16.1. The van der Waals surface area contributed by atoms with Crippen LogP contribution >= 0.6 is 0 Å². The first-order valence-electron chi connectivity index (χ1n) is 9.45. The van der Waals surface area contributed by atoms with Crippen molar-refractivity contribution in [1.29, 1.82) is 0 Å². The Morgan fingerprint density at radius 1 is 0.917 bits per heavy atom. The standard InChI is InChI=1S/C9H8O2.C4H10.C3H8.3C2H6/c1-7(11)9-5-3-2-4-8(9)6-10;1-4(2)3;1-3-2;3*1-2/h2-6H,1H3;4H,1-3H3;3H2,1-2H3;3*1-2H3. The number of rotatable bonds is 2. The lowest BCUT2D eigenvalue weighted by atomic mass is 10.1. The predicted octanol–water partition coefficient (Wildman–Crippen LogP) is 7.86. The van der Waals surface area contributed by atoms with Crippen molar-refractivity contribution in [2.75, 3.05) is 0 Å². The molecule has 0 aliphatic carbocycles. The van der Waals surface area contributed by atoms with Gasteiger partial charge in [-0.3, -0.25) is 9.59 Å². The second-order valence-electron chi connectivity index (χ2n) is 4.70. The Hall–Kier alpha value is -1.44. The summed E-state index contributed by atoms with van der Waals surface area (Å²) >= 11 is 0. The van der Waals surface area contributed by atoms with E-state index in [0.29, 0.717) is 17.4 Å². The van der Waals surface area contributed by atoms with Crippen LogP contribution in [0.2, 0.25) is 0 Å². The zero-order valence-corrected chi connectivity index (χ0v) is 18.5. The van der Waals surface area contributed by atoms with E-state index in [9.17, 15) is 9.59 Å². The number of ketones is 1. The van der Waals surface area contributed by atoms with Gasteiger partial charge in [0.15, 0.2) is 12.1 Å². The molecule has 0 aliphatic rings. The molecule has 0 atom stereocenters. The molecule has 0 radical (unpaired) electrons. The SMILES string of the molecule is CC.CC.CC.CC(=O)c1ccccc1C=O.CC(C)C.CCC. The smallest absolute Gasteiger partial charge is 0.160 e. The molecule has 0 bridgehead atoms. The van der Waals surface area contributed by atoms with Gasteiger partial charge in [0.1, 0.15) is 0 Å². The minimum absolute atomic E-state index is 0.0762. The molecule has 2 heteroatoms. The fourth-order valence-corrected chi connectivity index (χ4v) is 0.920. The monoisotopic (exact) mass is 340 g/mol. The van der Waals surface area contributed by atoms with Crippen LogP contribution in [-0.2, 0) is 0 Å². The molecule has 0 spiro atoms. The van der Waals surface area contributed by atoms with Gasteiger partial charge in [-0.2, -0.15) is 0 Å². The zero-order chi connectivity index (χ0) is 20.6. The van der Waals surface area contributed by atoms with Gasteiger partial charge in [-0.05, 0) is 12.8 Å². The summed E-state index contributed by atoms with van der Waals surface area (Å²) in [5, 5.41) is 0. The van der Waals surface area contributed by atoms with E-state index in [1.807, 2.05) is 41.5 Å². The maximum Gasteiger partial charge on any atom is 0.160 e. The Bertz CT molecular complexity index is 339. The second kappa shape index (κ2) is 33.2. The lowest BCUT2D eigenvalue weighted by molar-refractivity contribution is 0.101. The Morgan fingerprint density at radius 2 is 1.21 bits per heavy atom. The molecule has 0 heterocycles. The maximum absolute atomic E-state index is 10.9. The largest absolute Gasteiger partial charge is 0.298 e. The minimum Gasteiger partial charge on any atom is -0.298 e. The van der Waals surface area contributed by atoms with Crippen molar-refractivity contribution < 1.29 is 9.59 Å². The molecule has 1 aromatic carbocycles. The van der Waals surface area contributed by atoms with Gasteiger partial charge >= 0.3 is 0 Å². The zero-order valence-electron chi connectivity index (χ0n) is 18.5. The van der Waals surface area contributed by atoms with E-state index in [1.165, 1.54) is 13.3 Å². The third kappa shape index (κ3) is 32.5. The van der Waals surface area contributed by atoms with Crippen molar-refractivity contribution in [3.05, 3.63) is 35.4 Å². The third-order valence-corrected chi connectivity index (χ3v) is 1.47. The van der Waals surface area contributed by atoms with Gasteiger partial charge in [0.05, 0.1) is 0 Å². The van der Waals surface area contributed by atoms with Crippen LogP contribution in [0.15, 0.2) is 24.3 Å². The predicted molar refractivity (Wildman–Crippen MR) is 112 cm³/mol. The lowest BCUT2D eigenvalue weighted by Crippen LogP contribution is -1.97. The van der Waals surface area contributed by atoms with Gasteiger partial charge in [0.25, 0.3) is 0 Å². The molecule has 0 unspecified atom stereocenters. The van der Waals surface area contributed by atoms with E-state index in [-0.39, 0.29) is 5.78 Å². The highest BCUT2D eigenvalue weighted by Crippen LogP contribution is 2.05. The number of hydrogen-bond acceptors (Lipinski definition) is 2. The van der Waals surface area contributed by atoms with E-state index < -0.39 is 0 Å². The van der Waals surface area contributed by atoms with Crippen LogP contribution in [-0.4, -0.2) is 12.1 Å². The van der Waals surface area contributed by atoms with Crippen LogP contribution in [0.5, 0.6) is 0 Å². The van der Waals surface area contributed by atoms with Crippen LogP contribution in [0.3, 0.4) is 0 Å². The van der Waals surface area contributed by atoms with Crippen molar-refractivity contribution >= 4 is 12.1 Å². The van der Waals surface area contributed by atoms with E-state index >= 15 is 0 Å². The third-order valence-electron chi connectivity index (χ3n) is 1.47. The summed E-state index contributed by atoms with van der Waals surface area (Å²) in [6.45, 7) is 24.2. The fourth-order valence-electron chi connectivity index (χ4n) is 0.920. The van der Waals surface area contributed by atoms with Crippen LogP contribution in [0, 0.1) is 5.92 Å². The van der Waals surface area contributed by atoms with E-state index in [2.05, 4.69) is 34.6 Å². The summed E-state index contributed by atoms with van der Waals surface area (Å²) < 4.78 is 0. The van der Waals surface area contributed by atoms with Gasteiger partial charge in [-0.15, -0.1) is 0 Å². The van der Waals surface area contributed by atoms with Crippen LogP contribution in [0.25, 0.3) is 0 Å². The summed E-state index contributed by atoms with van der Waals surface area (Å²) in [4.78, 5) is 21.2. The lowest BCUT2D eigenvalue weighted by Gasteiger charge is -1.96. The topological polar surface area (TPSA) is 34.1 Å². The quantitative estimate of drug-likeness (QED) is 0.405. The normalized spacial score (nSPS) is 7.21. The number of Topliss-reactive ketones (excluding diaryl/α,β-unsaturated/α-hetero) is 1. The summed E-state index contributed by atoms with van der Waals surface area (Å²) in [6.07, 6.45) is 1.94. The summed E-state index contributed by atoms with van der Waals surface area (Å²) in [7, 11) is 0. The molecule has 1 aromatic rings. The first-order chi connectivity index (χ1) is 11.4. The van der Waals surface area contributed by atoms with Gasteiger partial charge < -0.3 is 0 Å². The molecule has 0 N–H and O–H groups in total. The Morgan fingerprint density at radius 3 is 1.42 bits per heavy atom. The van der Waals surface area contributed by atoms with Gasteiger partial charge in [-0.25, -0.2) is 0 Å². The summed E-state index contributed by atoms with van der Waals surface area (Å²) in [5.41, 5.74) is 0.947. The first kappa shape index (κ1) is 34.0. The summed E-state index contributed by atoms with van der Waals surface area (Å²) in [6, 6.07) is 6.75. The van der Waals surface area contributed by atoms with Gasteiger partial charge in [0.2, 0.25) is 0 Å².